The summed E-state index contributed by atoms with van der Waals surface area (Å²) >= 11 is 0. The Hall–Kier alpha value is -2.35. The Kier molecular flexibility index (Phi) is 3.15. The Morgan fingerprint density at radius 3 is 3.00 bits per heavy atom. The van der Waals surface area contributed by atoms with Crippen molar-refractivity contribution in [3.63, 3.8) is 0 Å². The minimum atomic E-state index is 0.643. The molecule has 102 valence electrons. The lowest BCUT2D eigenvalue weighted by Gasteiger charge is -2.20. The predicted molar refractivity (Wildman–Crippen MR) is 76.3 cm³/mol. The summed E-state index contributed by atoms with van der Waals surface area (Å²) in [6.07, 6.45) is 6.90. The SMILES string of the molecule is CN(Cc1nccn1C)c1nc2c(cc1C#N)CCC2. The van der Waals surface area contributed by atoms with Crippen LogP contribution in [-0.4, -0.2) is 21.6 Å². The summed E-state index contributed by atoms with van der Waals surface area (Å²) in [6, 6.07) is 4.27. The molecule has 1 aliphatic carbocycles. The van der Waals surface area contributed by atoms with Crippen LogP contribution in [0.5, 0.6) is 0 Å². The zero-order valence-corrected chi connectivity index (χ0v) is 11.8. The third-order valence-electron chi connectivity index (χ3n) is 3.81. The van der Waals surface area contributed by atoms with E-state index in [1.165, 1.54) is 5.56 Å². The van der Waals surface area contributed by atoms with Gasteiger partial charge in [0.15, 0.2) is 0 Å². The zero-order valence-electron chi connectivity index (χ0n) is 11.8. The number of pyridine rings is 1. The van der Waals surface area contributed by atoms with Crippen molar-refractivity contribution in [1.82, 2.24) is 14.5 Å². The van der Waals surface area contributed by atoms with Crippen LogP contribution in [0.15, 0.2) is 18.5 Å². The molecule has 0 saturated heterocycles. The highest BCUT2D eigenvalue weighted by atomic mass is 15.2. The summed E-state index contributed by atoms with van der Waals surface area (Å²) in [7, 11) is 3.93. The number of imidazole rings is 1. The Morgan fingerprint density at radius 2 is 2.30 bits per heavy atom. The van der Waals surface area contributed by atoms with Gasteiger partial charge in [-0.15, -0.1) is 0 Å². The average Bonchev–Trinajstić information content (AvgIpc) is 3.06. The number of aromatic nitrogens is 3. The van der Waals surface area contributed by atoms with Crippen molar-refractivity contribution in [3.8, 4) is 6.07 Å². The molecular weight excluding hydrogens is 250 g/mol. The molecule has 0 aromatic carbocycles. The topological polar surface area (TPSA) is 57.7 Å². The lowest BCUT2D eigenvalue weighted by molar-refractivity contribution is 0.753. The van der Waals surface area contributed by atoms with E-state index in [0.717, 1.165) is 36.6 Å². The van der Waals surface area contributed by atoms with Crippen LogP contribution in [0.25, 0.3) is 0 Å². The van der Waals surface area contributed by atoms with Crippen molar-refractivity contribution in [2.75, 3.05) is 11.9 Å². The molecule has 0 aliphatic heterocycles. The first-order valence-corrected chi connectivity index (χ1v) is 6.79. The number of rotatable bonds is 3. The van der Waals surface area contributed by atoms with Gasteiger partial charge in [-0.25, -0.2) is 9.97 Å². The van der Waals surface area contributed by atoms with Crippen LogP contribution < -0.4 is 4.90 Å². The lowest BCUT2D eigenvalue weighted by Crippen LogP contribution is -2.21. The lowest BCUT2D eigenvalue weighted by atomic mass is 10.1. The van der Waals surface area contributed by atoms with E-state index in [4.69, 9.17) is 4.98 Å². The van der Waals surface area contributed by atoms with E-state index in [0.29, 0.717) is 12.1 Å². The fraction of sp³-hybridized carbons (Fsp3) is 0.400. The summed E-state index contributed by atoms with van der Waals surface area (Å²) in [5, 5.41) is 9.34. The average molecular weight is 267 g/mol. The second-order valence-corrected chi connectivity index (χ2v) is 5.24. The first-order chi connectivity index (χ1) is 9.69. The number of anilines is 1. The second-order valence-electron chi connectivity index (χ2n) is 5.24. The van der Waals surface area contributed by atoms with E-state index in [1.54, 1.807) is 6.20 Å². The molecule has 1 aliphatic rings. The Balaban J connectivity index is 1.93. The maximum atomic E-state index is 9.34. The van der Waals surface area contributed by atoms with Gasteiger partial charge in [-0.05, 0) is 30.9 Å². The summed E-state index contributed by atoms with van der Waals surface area (Å²) in [6.45, 7) is 0.643. The normalized spacial score (nSPS) is 13.1. The van der Waals surface area contributed by atoms with Crippen molar-refractivity contribution in [2.45, 2.75) is 25.8 Å². The van der Waals surface area contributed by atoms with E-state index < -0.39 is 0 Å². The molecule has 0 atom stereocenters. The highest BCUT2D eigenvalue weighted by molar-refractivity contribution is 5.56. The fourth-order valence-electron chi connectivity index (χ4n) is 2.67. The number of nitrogens with zero attached hydrogens (tertiary/aromatic N) is 5. The van der Waals surface area contributed by atoms with E-state index >= 15 is 0 Å². The van der Waals surface area contributed by atoms with Gasteiger partial charge in [0.05, 0.1) is 12.1 Å². The second kappa shape index (κ2) is 4.97. The predicted octanol–water partition coefficient (Wildman–Crippen LogP) is 1.81. The molecule has 5 nitrogen and oxygen atoms in total. The maximum Gasteiger partial charge on any atom is 0.146 e. The van der Waals surface area contributed by atoms with Gasteiger partial charge in [-0.3, -0.25) is 0 Å². The monoisotopic (exact) mass is 267 g/mol. The Bertz CT molecular complexity index is 680. The molecule has 2 aromatic heterocycles. The molecular formula is C15H17N5. The van der Waals surface area contributed by atoms with Gasteiger partial charge in [0.2, 0.25) is 0 Å². The van der Waals surface area contributed by atoms with Gasteiger partial charge in [0.25, 0.3) is 0 Å². The summed E-state index contributed by atoms with van der Waals surface area (Å²) in [5.41, 5.74) is 3.03. The van der Waals surface area contributed by atoms with Gasteiger partial charge in [0, 0.05) is 32.2 Å². The number of hydrogen-bond acceptors (Lipinski definition) is 4. The molecule has 0 N–H and O–H groups in total. The first-order valence-electron chi connectivity index (χ1n) is 6.79. The summed E-state index contributed by atoms with van der Waals surface area (Å²) in [4.78, 5) is 11.0. The van der Waals surface area contributed by atoms with Crippen molar-refractivity contribution < 1.29 is 0 Å². The molecule has 2 heterocycles. The third kappa shape index (κ3) is 2.14. The largest absolute Gasteiger partial charge is 0.351 e. The first kappa shape index (κ1) is 12.7. The quantitative estimate of drug-likeness (QED) is 0.851. The molecule has 0 spiro atoms. The molecule has 0 saturated carbocycles. The number of aryl methyl sites for hydroxylation is 3. The number of nitriles is 1. The molecule has 3 rings (SSSR count). The number of fused-ring (bicyclic) bond motifs is 1. The highest BCUT2D eigenvalue weighted by Gasteiger charge is 2.19. The van der Waals surface area contributed by atoms with Crippen LogP contribution in [0.2, 0.25) is 0 Å². The molecule has 20 heavy (non-hydrogen) atoms. The van der Waals surface area contributed by atoms with Gasteiger partial charge in [-0.2, -0.15) is 5.26 Å². The molecule has 0 fully saturated rings. The third-order valence-corrected chi connectivity index (χ3v) is 3.81. The minimum absolute atomic E-state index is 0.643. The molecule has 0 unspecified atom stereocenters. The van der Waals surface area contributed by atoms with Gasteiger partial charge < -0.3 is 9.47 Å². The number of hydrogen-bond donors (Lipinski definition) is 0. The van der Waals surface area contributed by atoms with Crippen LogP contribution in [0.1, 0.15) is 29.1 Å². The Morgan fingerprint density at radius 1 is 1.45 bits per heavy atom. The highest BCUT2D eigenvalue weighted by Crippen LogP contribution is 2.27. The molecule has 2 aromatic rings. The van der Waals surface area contributed by atoms with Crippen LogP contribution >= 0.6 is 0 Å². The standard InChI is InChI=1S/C15H17N5/c1-19-7-6-17-14(19)10-20(2)15-12(9-16)8-11-4-3-5-13(11)18-15/h6-8H,3-5,10H2,1-2H3. The molecule has 0 amide bonds. The van der Waals surface area contributed by atoms with Gasteiger partial charge >= 0.3 is 0 Å². The van der Waals surface area contributed by atoms with Crippen molar-refractivity contribution in [2.24, 2.45) is 7.05 Å². The van der Waals surface area contributed by atoms with Crippen LogP contribution in [0.4, 0.5) is 5.82 Å². The van der Waals surface area contributed by atoms with Crippen molar-refractivity contribution in [1.29, 1.82) is 5.26 Å². The van der Waals surface area contributed by atoms with E-state index in [1.807, 2.05) is 35.8 Å². The zero-order chi connectivity index (χ0) is 14.1. The van der Waals surface area contributed by atoms with Crippen LogP contribution in [0.3, 0.4) is 0 Å². The smallest absolute Gasteiger partial charge is 0.146 e. The molecule has 0 bridgehead atoms. The molecule has 0 radical (unpaired) electrons. The van der Waals surface area contributed by atoms with E-state index in [9.17, 15) is 5.26 Å². The minimum Gasteiger partial charge on any atom is -0.351 e. The molecule has 5 heteroatoms. The van der Waals surface area contributed by atoms with Crippen LogP contribution in [-0.2, 0) is 26.4 Å². The van der Waals surface area contributed by atoms with E-state index in [-0.39, 0.29) is 0 Å². The Labute approximate surface area is 118 Å². The van der Waals surface area contributed by atoms with E-state index in [2.05, 4.69) is 11.1 Å². The van der Waals surface area contributed by atoms with Crippen molar-refractivity contribution >= 4 is 5.82 Å². The maximum absolute atomic E-state index is 9.34. The summed E-state index contributed by atoms with van der Waals surface area (Å²) < 4.78 is 1.98. The summed E-state index contributed by atoms with van der Waals surface area (Å²) in [5.74, 6) is 1.72. The van der Waals surface area contributed by atoms with Gasteiger partial charge in [0.1, 0.15) is 17.7 Å². The fourth-order valence-corrected chi connectivity index (χ4v) is 2.67. The van der Waals surface area contributed by atoms with Crippen molar-refractivity contribution in [3.05, 3.63) is 41.1 Å². The van der Waals surface area contributed by atoms with Gasteiger partial charge in [-0.1, -0.05) is 0 Å². The van der Waals surface area contributed by atoms with Crippen LogP contribution in [0, 0.1) is 11.3 Å².